The van der Waals surface area contributed by atoms with Crippen molar-refractivity contribution in [3.05, 3.63) is 71.8 Å². The molecule has 0 amide bonds. The van der Waals surface area contributed by atoms with E-state index in [0.717, 1.165) is 11.1 Å². The first-order chi connectivity index (χ1) is 10.6. The summed E-state index contributed by atoms with van der Waals surface area (Å²) in [6.45, 7) is 1.92. The average molecular weight is 378 g/mol. The highest BCUT2D eigenvalue weighted by Crippen LogP contribution is 2.38. The van der Waals surface area contributed by atoms with Crippen molar-refractivity contribution >= 4 is 5.90 Å². The van der Waals surface area contributed by atoms with Crippen molar-refractivity contribution in [3.63, 3.8) is 0 Å². The van der Waals surface area contributed by atoms with Gasteiger partial charge in [-0.05, 0) is 12.1 Å². The van der Waals surface area contributed by atoms with Crippen molar-refractivity contribution in [2.75, 3.05) is 14.2 Å². The third-order valence-electron chi connectivity index (χ3n) is 4.11. The third-order valence-corrected chi connectivity index (χ3v) is 4.11. The van der Waals surface area contributed by atoms with Crippen LogP contribution >= 0.6 is 0 Å². The molecule has 2 aromatic carbocycles. The molecular formula is C18H20BrNO3. The lowest BCUT2D eigenvalue weighted by Gasteiger charge is -2.33. The van der Waals surface area contributed by atoms with E-state index in [1.165, 1.54) is 0 Å². The molecule has 0 aromatic heterocycles. The first kappa shape index (κ1) is 17.7. The fourth-order valence-electron chi connectivity index (χ4n) is 2.82. The van der Waals surface area contributed by atoms with Gasteiger partial charge in [0, 0.05) is 26.7 Å². The smallest absolute Gasteiger partial charge is 0.374 e. The molecular weight excluding hydrogens is 358 g/mol. The second kappa shape index (κ2) is 6.83. The van der Waals surface area contributed by atoms with Crippen LogP contribution in [0, 0.1) is 0 Å². The Hall–Kier alpha value is -1.69. The third kappa shape index (κ3) is 2.80. The van der Waals surface area contributed by atoms with E-state index in [-0.39, 0.29) is 17.0 Å². The highest BCUT2D eigenvalue weighted by atomic mass is 79.9. The van der Waals surface area contributed by atoms with Crippen LogP contribution in [0.4, 0.5) is 0 Å². The van der Waals surface area contributed by atoms with E-state index in [4.69, 9.17) is 14.2 Å². The van der Waals surface area contributed by atoms with Crippen molar-refractivity contribution in [1.29, 1.82) is 0 Å². The van der Waals surface area contributed by atoms with E-state index in [9.17, 15) is 0 Å². The summed E-state index contributed by atoms with van der Waals surface area (Å²) in [6, 6.07) is 19.7. The normalized spacial score (nSPS) is 26.1. The summed E-state index contributed by atoms with van der Waals surface area (Å²) in [5.41, 5.74) is 0.981. The molecule has 0 fully saturated rings. The summed E-state index contributed by atoms with van der Waals surface area (Å²) in [6.07, 6.45) is 0. The minimum Gasteiger partial charge on any atom is -1.00 e. The van der Waals surface area contributed by atoms with Crippen LogP contribution in [0.5, 0.6) is 0 Å². The van der Waals surface area contributed by atoms with Gasteiger partial charge in [-0.1, -0.05) is 48.5 Å². The molecule has 0 saturated carbocycles. The molecule has 3 rings (SSSR count). The van der Waals surface area contributed by atoms with Crippen LogP contribution in [0.1, 0.15) is 18.1 Å². The number of rotatable bonds is 4. The number of hydrogen-bond acceptors (Lipinski definition) is 3. The molecule has 2 aromatic rings. The number of methoxy groups -OCH3 is 2. The van der Waals surface area contributed by atoms with Gasteiger partial charge in [0.05, 0.1) is 5.56 Å². The predicted molar refractivity (Wildman–Crippen MR) is 83.1 cm³/mol. The first-order valence-corrected chi connectivity index (χ1v) is 7.20. The van der Waals surface area contributed by atoms with Crippen molar-refractivity contribution in [2.45, 2.75) is 18.4 Å². The van der Waals surface area contributed by atoms with E-state index in [1.807, 2.05) is 67.6 Å². The zero-order valence-electron chi connectivity index (χ0n) is 13.4. The lowest BCUT2D eigenvalue weighted by molar-refractivity contribution is -0.631. The molecule has 0 bridgehead atoms. The Kier molecular flexibility index (Phi) is 5.24. The molecule has 0 spiro atoms. The van der Waals surface area contributed by atoms with Gasteiger partial charge in [-0.15, -0.1) is 0 Å². The second-order valence-electron chi connectivity index (χ2n) is 5.35. The molecule has 1 heterocycles. The molecule has 23 heavy (non-hydrogen) atoms. The van der Waals surface area contributed by atoms with E-state index in [2.05, 4.69) is 4.99 Å². The molecule has 0 radical (unpaired) electrons. The standard InChI is InChI=1S/C18H19NO3.BrH/c1-17(20-2)18(21-3,15-12-8-5-9-13-15)22-16(19-17)14-10-6-4-7-11-14;/h4-13H,1-3H3;1H/t17-,18+;/m1./s1. The molecule has 2 atom stereocenters. The fourth-order valence-corrected chi connectivity index (χ4v) is 2.82. The Labute approximate surface area is 146 Å². The summed E-state index contributed by atoms with van der Waals surface area (Å²) in [4.78, 5) is 3.32. The van der Waals surface area contributed by atoms with Crippen LogP contribution in [0.15, 0.2) is 60.7 Å². The van der Waals surface area contributed by atoms with Crippen molar-refractivity contribution in [3.8, 4) is 0 Å². The number of benzene rings is 2. The predicted octanol–water partition coefficient (Wildman–Crippen LogP) is -1.59. The Morgan fingerprint density at radius 2 is 1.43 bits per heavy atom. The van der Waals surface area contributed by atoms with Crippen LogP contribution in [0.2, 0.25) is 0 Å². The maximum atomic E-state index is 6.24. The van der Waals surface area contributed by atoms with Gasteiger partial charge in [0.1, 0.15) is 0 Å². The van der Waals surface area contributed by atoms with Gasteiger partial charge < -0.3 is 31.2 Å². The highest BCUT2D eigenvalue weighted by molar-refractivity contribution is 5.90. The maximum Gasteiger partial charge on any atom is 0.374 e. The Morgan fingerprint density at radius 1 is 0.870 bits per heavy atom. The van der Waals surface area contributed by atoms with Crippen LogP contribution in [-0.4, -0.2) is 25.8 Å². The summed E-state index contributed by atoms with van der Waals surface area (Å²) in [7, 11) is 3.26. The number of nitrogens with one attached hydrogen (secondary N) is 1. The molecule has 0 unspecified atom stereocenters. The van der Waals surface area contributed by atoms with Crippen molar-refractivity contribution < 1.29 is 36.2 Å². The Bertz CT molecular complexity index is 677. The first-order valence-electron chi connectivity index (χ1n) is 7.20. The molecule has 5 heteroatoms. The number of hydrogen-bond donors (Lipinski definition) is 1. The van der Waals surface area contributed by atoms with E-state index in [1.54, 1.807) is 14.2 Å². The molecule has 0 saturated heterocycles. The minimum atomic E-state index is -1.06. The Morgan fingerprint density at radius 3 is 1.96 bits per heavy atom. The molecule has 1 N–H and O–H groups in total. The van der Waals surface area contributed by atoms with Gasteiger partial charge in [-0.25, -0.2) is 0 Å². The van der Waals surface area contributed by atoms with Gasteiger partial charge >= 0.3 is 17.4 Å². The lowest BCUT2D eigenvalue weighted by atomic mass is 9.96. The van der Waals surface area contributed by atoms with Crippen LogP contribution in [0.25, 0.3) is 0 Å². The second-order valence-corrected chi connectivity index (χ2v) is 5.35. The molecule has 122 valence electrons. The minimum absolute atomic E-state index is 0. The van der Waals surface area contributed by atoms with Crippen molar-refractivity contribution in [1.82, 2.24) is 0 Å². The Balaban J connectivity index is 0.00000192. The van der Waals surface area contributed by atoms with Gasteiger partial charge in [-0.2, -0.15) is 4.99 Å². The van der Waals surface area contributed by atoms with Gasteiger partial charge in [-0.3, -0.25) is 0 Å². The van der Waals surface area contributed by atoms with E-state index in [0.29, 0.717) is 5.90 Å². The zero-order valence-corrected chi connectivity index (χ0v) is 15.0. The lowest BCUT2D eigenvalue weighted by Crippen LogP contribution is -3.00. The van der Waals surface area contributed by atoms with Gasteiger partial charge in [0.25, 0.3) is 0 Å². The number of ether oxygens (including phenoxy) is 3. The quantitative estimate of drug-likeness (QED) is 0.698. The molecule has 1 aliphatic rings. The van der Waals surface area contributed by atoms with Crippen molar-refractivity contribution in [2.24, 2.45) is 0 Å². The largest absolute Gasteiger partial charge is 1.00 e. The summed E-state index contributed by atoms with van der Waals surface area (Å²) in [5.74, 6) is -0.426. The highest BCUT2D eigenvalue weighted by Gasteiger charge is 2.65. The van der Waals surface area contributed by atoms with Gasteiger partial charge in [0.15, 0.2) is 0 Å². The fraction of sp³-hybridized carbons (Fsp3) is 0.278. The average Bonchev–Trinajstić information content (AvgIpc) is 2.91. The van der Waals surface area contributed by atoms with Crippen LogP contribution < -0.4 is 22.0 Å². The summed E-state index contributed by atoms with van der Waals surface area (Å²) < 4.78 is 17.8. The van der Waals surface area contributed by atoms with E-state index < -0.39 is 11.5 Å². The topological polar surface area (TPSA) is 41.7 Å². The number of halogens is 1. The van der Waals surface area contributed by atoms with Crippen LogP contribution in [0.3, 0.4) is 0 Å². The zero-order chi connectivity index (χ0) is 15.6. The monoisotopic (exact) mass is 377 g/mol. The summed E-state index contributed by atoms with van der Waals surface area (Å²) in [5, 5.41) is 0. The SMILES string of the molecule is CO[C@@]1(c2ccccc2)OC(c2ccccc2)=[NH+][C@]1(C)OC.[Br-]. The van der Waals surface area contributed by atoms with E-state index >= 15 is 0 Å². The maximum absolute atomic E-state index is 6.24. The van der Waals surface area contributed by atoms with Crippen LogP contribution in [-0.2, 0) is 20.0 Å². The summed E-state index contributed by atoms with van der Waals surface area (Å²) >= 11 is 0. The molecule has 1 aliphatic heterocycles. The molecule has 4 nitrogen and oxygen atoms in total. The molecule has 0 aliphatic carbocycles. The van der Waals surface area contributed by atoms with Gasteiger partial charge in [0.2, 0.25) is 0 Å².